The number of rotatable bonds is 8. The topological polar surface area (TPSA) is 83.9 Å². The summed E-state index contributed by atoms with van der Waals surface area (Å²) in [6.07, 6.45) is 8.58. The molecule has 7 nitrogen and oxygen atoms in total. The van der Waals surface area contributed by atoms with E-state index in [2.05, 4.69) is 14.7 Å². The molecule has 186 valence electrons. The Morgan fingerprint density at radius 1 is 1.14 bits per heavy atom. The second kappa shape index (κ2) is 11.1. The maximum atomic E-state index is 12.5. The van der Waals surface area contributed by atoms with Crippen LogP contribution in [0.25, 0.3) is 10.8 Å². The zero-order valence-electron chi connectivity index (χ0n) is 19.6. The molecule has 1 aromatic heterocycles. The van der Waals surface area contributed by atoms with Crippen LogP contribution in [0.1, 0.15) is 31.2 Å². The van der Waals surface area contributed by atoms with Gasteiger partial charge in [-0.25, -0.2) is 0 Å². The lowest BCUT2D eigenvalue weighted by Crippen LogP contribution is -2.36. The maximum Gasteiger partial charge on any atom is 0.285 e. The number of benzene rings is 2. The number of hydrogen-bond acceptors (Lipinski definition) is 5. The number of nitrogens with zero attached hydrogens (tertiary/aromatic N) is 3. The lowest BCUT2D eigenvalue weighted by atomic mass is 9.92. The van der Waals surface area contributed by atoms with E-state index in [4.69, 9.17) is 27.9 Å². The summed E-state index contributed by atoms with van der Waals surface area (Å²) in [7, 11) is -0.462. The van der Waals surface area contributed by atoms with E-state index in [0.29, 0.717) is 23.4 Å². The van der Waals surface area contributed by atoms with E-state index in [-0.39, 0.29) is 16.0 Å². The Morgan fingerprint density at radius 3 is 2.66 bits per heavy atom. The fourth-order valence-corrected chi connectivity index (χ4v) is 5.83. The van der Waals surface area contributed by atoms with Crippen molar-refractivity contribution >= 4 is 50.3 Å². The van der Waals surface area contributed by atoms with Crippen LogP contribution < -0.4 is 10.1 Å². The lowest BCUT2D eigenvalue weighted by Gasteiger charge is -2.30. The Balaban J connectivity index is 1.33. The molecule has 2 aromatic carbocycles. The van der Waals surface area contributed by atoms with Gasteiger partial charge in [0.25, 0.3) is 10.0 Å². The average molecular weight is 535 g/mol. The normalized spacial score (nSPS) is 18.7. The Kier molecular flexibility index (Phi) is 8.16. The van der Waals surface area contributed by atoms with Gasteiger partial charge in [-0.05, 0) is 61.6 Å². The van der Waals surface area contributed by atoms with E-state index in [9.17, 15) is 8.42 Å². The van der Waals surface area contributed by atoms with Gasteiger partial charge in [0.1, 0.15) is 17.0 Å². The Morgan fingerprint density at radius 2 is 1.91 bits per heavy atom. The van der Waals surface area contributed by atoms with Crippen LogP contribution >= 0.6 is 23.2 Å². The molecular formula is C25H28Cl2N4O3S. The zero-order valence-corrected chi connectivity index (χ0v) is 21.9. The lowest BCUT2D eigenvalue weighted by molar-refractivity contribution is 0.139. The van der Waals surface area contributed by atoms with Crippen LogP contribution in [-0.4, -0.2) is 50.9 Å². The molecule has 1 saturated carbocycles. The van der Waals surface area contributed by atoms with Gasteiger partial charge in [-0.2, -0.15) is 8.42 Å². The molecule has 0 saturated heterocycles. The summed E-state index contributed by atoms with van der Waals surface area (Å²) in [4.78, 5) is 5.70. The highest BCUT2D eigenvalue weighted by atomic mass is 35.5. The van der Waals surface area contributed by atoms with Crippen LogP contribution in [0.5, 0.6) is 5.75 Å². The highest BCUT2D eigenvalue weighted by Crippen LogP contribution is 2.35. The third-order valence-corrected chi connectivity index (χ3v) is 8.07. The number of fused-ring (bicyclic) bond motifs is 1. The van der Waals surface area contributed by atoms with Crippen molar-refractivity contribution in [2.24, 2.45) is 4.40 Å². The molecule has 0 amide bonds. The summed E-state index contributed by atoms with van der Waals surface area (Å²) in [6, 6.07) is 11.1. The van der Waals surface area contributed by atoms with Crippen LogP contribution in [0.15, 0.2) is 58.1 Å². The predicted octanol–water partition coefficient (Wildman–Crippen LogP) is 5.30. The first kappa shape index (κ1) is 25.7. The van der Waals surface area contributed by atoms with Gasteiger partial charge in [-0.15, -0.1) is 4.40 Å². The first-order chi connectivity index (χ1) is 16.7. The molecule has 3 aromatic rings. The van der Waals surface area contributed by atoms with E-state index in [1.165, 1.54) is 6.34 Å². The molecule has 0 spiro atoms. The summed E-state index contributed by atoms with van der Waals surface area (Å²) in [5, 5.41) is 6.23. The number of halogens is 2. The smallest absolute Gasteiger partial charge is 0.285 e. The van der Waals surface area contributed by atoms with E-state index in [1.54, 1.807) is 43.5 Å². The second-order valence-electron chi connectivity index (χ2n) is 8.87. The molecule has 1 heterocycles. The minimum absolute atomic E-state index is 0.0109. The number of hydrogen-bond donors (Lipinski definition) is 1. The van der Waals surface area contributed by atoms with Crippen molar-refractivity contribution < 1.29 is 13.2 Å². The first-order valence-electron chi connectivity index (χ1n) is 11.4. The van der Waals surface area contributed by atoms with Crippen LogP contribution in [0.2, 0.25) is 10.0 Å². The van der Waals surface area contributed by atoms with E-state index < -0.39 is 10.0 Å². The fraction of sp³-hybridized carbons (Fsp3) is 0.360. The molecule has 0 bridgehead atoms. The number of aromatic nitrogens is 1. The zero-order chi connectivity index (χ0) is 25.0. The third kappa shape index (κ3) is 6.44. The van der Waals surface area contributed by atoms with Gasteiger partial charge in [0.15, 0.2) is 0 Å². The molecule has 4 rings (SSSR count). The summed E-state index contributed by atoms with van der Waals surface area (Å²) in [5.41, 5.74) is 0.837. The van der Waals surface area contributed by atoms with Crippen molar-refractivity contribution in [2.45, 2.75) is 49.3 Å². The Hall–Kier alpha value is -2.39. The summed E-state index contributed by atoms with van der Waals surface area (Å²) >= 11 is 12.7. The molecule has 35 heavy (non-hydrogen) atoms. The largest absolute Gasteiger partial charge is 0.489 e. The van der Waals surface area contributed by atoms with Crippen LogP contribution in [0.4, 0.5) is 0 Å². The quantitative estimate of drug-likeness (QED) is 0.311. The highest BCUT2D eigenvalue weighted by molar-refractivity contribution is 7.90. The van der Waals surface area contributed by atoms with Crippen molar-refractivity contribution in [2.75, 3.05) is 14.1 Å². The number of pyridine rings is 1. The van der Waals surface area contributed by atoms with Gasteiger partial charge >= 0.3 is 0 Å². The van der Waals surface area contributed by atoms with Gasteiger partial charge in [0.2, 0.25) is 0 Å². The van der Waals surface area contributed by atoms with Crippen LogP contribution in [-0.2, 0) is 16.6 Å². The molecule has 10 heteroatoms. The van der Waals surface area contributed by atoms with E-state index in [0.717, 1.165) is 42.0 Å². The minimum Gasteiger partial charge on any atom is -0.489 e. The molecule has 1 aliphatic rings. The van der Waals surface area contributed by atoms with Crippen molar-refractivity contribution in [1.82, 2.24) is 15.2 Å². The fourth-order valence-electron chi connectivity index (χ4n) is 4.10. The van der Waals surface area contributed by atoms with Gasteiger partial charge in [-0.1, -0.05) is 29.3 Å². The summed E-state index contributed by atoms with van der Waals surface area (Å²) < 4.78 is 35.0. The summed E-state index contributed by atoms with van der Waals surface area (Å²) in [5.74, 6) is 0.702. The molecule has 1 fully saturated rings. The number of ether oxygens (including phenoxy) is 1. The first-order valence-corrected chi connectivity index (χ1v) is 13.6. The Bertz CT molecular complexity index is 1320. The molecule has 1 aliphatic carbocycles. The predicted molar refractivity (Wildman–Crippen MR) is 141 cm³/mol. The SMILES string of the molecule is CN(C)/C=N/S(=O)(=O)c1cc(CN[C@H]2CC[C@@H](Oc3ccc4cnccc4c3Cl)CC2)ccc1Cl. The number of sulfonamides is 1. The Labute approximate surface area is 216 Å². The number of nitrogens with one attached hydrogen (secondary N) is 1. The molecular weight excluding hydrogens is 507 g/mol. The van der Waals surface area contributed by atoms with Gasteiger partial charge in [0, 0.05) is 49.8 Å². The van der Waals surface area contributed by atoms with Crippen LogP contribution in [0.3, 0.4) is 0 Å². The van der Waals surface area contributed by atoms with Gasteiger partial charge in [-0.3, -0.25) is 4.98 Å². The summed E-state index contributed by atoms with van der Waals surface area (Å²) in [6.45, 7) is 0.539. The second-order valence-corrected chi connectivity index (χ2v) is 11.3. The molecule has 1 N–H and O–H groups in total. The van der Waals surface area contributed by atoms with E-state index >= 15 is 0 Å². The van der Waals surface area contributed by atoms with Crippen molar-refractivity contribution in [3.8, 4) is 5.75 Å². The molecule has 0 atom stereocenters. The van der Waals surface area contributed by atoms with Crippen LogP contribution in [0, 0.1) is 0 Å². The van der Waals surface area contributed by atoms with Crippen molar-refractivity contribution in [3.05, 3.63) is 64.4 Å². The highest BCUT2D eigenvalue weighted by Gasteiger charge is 2.24. The molecule has 0 aliphatic heterocycles. The van der Waals surface area contributed by atoms with Crippen molar-refractivity contribution in [1.29, 1.82) is 0 Å². The minimum atomic E-state index is -3.87. The van der Waals surface area contributed by atoms with Crippen molar-refractivity contribution in [3.63, 3.8) is 0 Å². The average Bonchev–Trinajstić information content (AvgIpc) is 2.85. The van der Waals surface area contributed by atoms with Gasteiger partial charge < -0.3 is 15.0 Å². The molecule has 0 unspecified atom stereocenters. The molecule has 0 radical (unpaired) electrons. The maximum absolute atomic E-state index is 12.5. The monoisotopic (exact) mass is 534 g/mol. The standard InChI is InChI=1S/C25H28Cl2N4O3S/c1-31(2)16-30-35(32,33)24-13-17(3-9-22(24)26)14-29-19-5-7-20(8-6-19)34-23-10-4-18-15-28-12-11-21(18)25(23)27/h3-4,9-13,15-16,19-20,29H,5-8,14H2,1-2H3/b30-16+/t19-,20+. The van der Waals surface area contributed by atoms with E-state index in [1.807, 2.05) is 24.3 Å². The van der Waals surface area contributed by atoms with Gasteiger partial charge in [0.05, 0.1) is 16.1 Å². The third-order valence-electron chi connectivity index (χ3n) is 5.97.